The third kappa shape index (κ3) is 2.25. The molecule has 8 nitrogen and oxygen atoms in total. The SMILES string of the molecule is COC(=O)c1cc(Cl)c2nnc(-c3ccc(=O)[nH]n3)n2c1. The molecule has 3 aromatic heterocycles. The van der Waals surface area contributed by atoms with Crippen LogP contribution in [0.4, 0.5) is 0 Å². The highest BCUT2D eigenvalue weighted by Crippen LogP contribution is 2.22. The number of hydrogen-bond acceptors (Lipinski definition) is 6. The second-order valence-corrected chi connectivity index (χ2v) is 4.50. The van der Waals surface area contributed by atoms with Gasteiger partial charge in [-0.05, 0) is 12.1 Å². The van der Waals surface area contributed by atoms with Crippen LogP contribution in [0.3, 0.4) is 0 Å². The van der Waals surface area contributed by atoms with Crippen molar-refractivity contribution in [3.63, 3.8) is 0 Å². The molecule has 3 aromatic rings. The van der Waals surface area contributed by atoms with E-state index in [1.807, 2.05) is 0 Å². The van der Waals surface area contributed by atoms with Crippen LogP contribution in [-0.4, -0.2) is 37.9 Å². The van der Waals surface area contributed by atoms with Gasteiger partial charge in [0.15, 0.2) is 11.5 Å². The summed E-state index contributed by atoms with van der Waals surface area (Å²) in [5.74, 6) is -0.193. The van der Waals surface area contributed by atoms with E-state index in [-0.39, 0.29) is 16.1 Å². The minimum absolute atomic E-state index is 0.250. The monoisotopic (exact) mass is 305 g/mol. The highest BCUT2D eigenvalue weighted by atomic mass is 35.5. The summed E-state index contributed by atoms with van der Waals surface area (Å²) in [5, 5.41) is 14.3. The van der Waals surface area contributed by atoms with E-state index >= 15 is 0 Å². The van der Waals surface area contributed by atoms with Crippen LogP contribution in [0.1, 0.15) is 10.4 Å². The Morgan fingerprint density at radius 3 is 2.86 bits per heavy atom. The number of carbonyl (C=O) groups excluding carboxylic acids is 1. The van der Waals surface area contributed by atoms with Crippen molar-refractivity contribution < 1.29 is 9.53 Å². The molecule has 0 radical (unpaired) electrons. The second-order valence-electron chi connectivity index (χ2n) is 4.09. The molecule has 0 fully saturated rings. The maximum Gasteiger partial charge on any atom is 0.339 e. The van der Waals surface area contributed by atoms with E-state index in [2.05, 4.69) is 25.1 Å². The summed E-state index contributed by atoms with van der Waals surface area (Å²) in [6.45, 7) is 0. The molecule has 0 spiro atoms. The summed E-state index contributed by atoms with van der Waals surface area (Å²) in [6, 6.07) is 4.25. The number of nitrogens with zero attached hydrogens (tertiary/aromatic N) is 4. The number of fused-ring (bicyclic) bond motifs is 1. The average Bonchev–Trinajstić information content (AvgIpc) is 2.91. The predicted molar refractivity (Wildman–Crippen MR) is 73.2 cm³/mol. The lowest BCUT2D eigenvalue weighted by Crippen LogP contribution is -2.07. The van der Waals surface area contributed by atoms with E-state index in [0.29, 0.717) is 17.2 Å². The summed E-state index contributed by atoms with van der Waals surface area (Å²) >= 11 is 6.08. The van der Waals surface area contributed by atoms with Gasteiger partial charge in [-0.25, -0.2) is 9.89 Å². The molecule has 0 saturated heterocycles. The minimum atomic E-state index is -0.534. The summed E-state index contributed by atoms with van der Waals surface area (Å²) < 4.78 is 6.17. The molecule has 106 valence electrons. The fourth-order valence-electron chi connectivity index (χ4n) is 1.83. The maximum atomic E-state index is 11.6. The Morgan fingerprint density at radius 1 is 1.38 bits per heavy atom. The Bertz CT molecular complexity index is 881. The van der Waals surface area contributed by atoms with Gasteiger partial charge in [-0.2, -0.15) is 5.10 Å². The Morgan fingerprint density at radius 2 is 2.19 bits per heavy atom. The van der Waals surface area contributed by atoms with Gasteiger partial charge in [-0.3, -0.25) is 9.20 Å². The van der Waals surface area contributed by atoms with Crippen LogP contribution in [0, 0.1) is 0 Å². The molecule has 0 saturated carbocycles. The zero-order valence-corrected chi connectivity index (χ0v) is 11.5. The third-order valence-electron chi connectivity index (χ3n) is 2.79. The topological polar surface area (TPSA) is 102 Å². The maximum absolute atomic E-state index is 11.6. The Balaban J connectivity index is 2.24. The van der Waals surface area contributed by atoms with Crippen molar-refractivity contribution in [1.82, 2.24) is 24.8 Å². The van der Waals surface area contributed by atoms with Crippen molar-refractivity contribution in [2.45, 2.75) is 0 Å². The van der Waals surface area contributed by atoms with E-state index in [1.54, 1.807) is 0 Å². The van der Waals surface area contributed by atoms with Gasteiger partial charge in [0.2, 0.25) is 0 Å². The van der Waals surface area contributed by atoms with Crippen LogP contribution in [0.5, 0.6) is 0 Å². The van der Waals surface area contributed by atoms with Crippen molar-refractivity contribution in [1.29, 1.82) is 0 Å². The van der Waals surface area contributed by atoms with Gasteiger partial charge >= 0.3 is 5.97 Å². The lowest BCUT2D eigenvalue weighted by molar-refractivity contribution is 0.0600. The Kier molecular flexibility index (Phi) is 3.15. The number of carbonyl (C=O) groups is 1. The molecule has 3 heterocycles. The quantitative estimate of drug-likeness (QED) is 0.706. The Hall–Kier alpha value is -2.74. The molecule has 3 rings (SSSR count). The van der Waals surface area contributed by atoms with E-state index in [9.17, 15) is 9.59 Å². The van der Waals surface area contributed by atoms with Crippen LogP contribution in [-0.2, 0) is 4.74 Å². The summed E-state index contributed by atoms with van der Waals surface area (Å²) in [4.78, 5) is 22.7. The number of rotatable bonds is 2. The van der Waals surface area contributed by atoms with E-state index in [1.165, 1.54) is 35.9 Å². The van der Waals surface area contributed by atoms with E-state index < -0.39 is 5.97 Å². The number of esters is 1. The molecule has 0 aliphatic carbocycles. The molecular formula is C12H8ClN5O3. The number of aromatic nitrogens is 5. The average molecular weight is 306 g/mol. The van der Waals surface area contributed by atoms with Crippen LogP contribution in [0.25, 0.3) is 17.2 Å². The number of methoxy groups -OCH3 is 1. The zero-order valence-electron chi connectivity index (χ0n) is 10.7. The van der Waals surface area contributed by atoms with Crippen molar-refractivity contribution in [2.24, 2.45) is 0 Å². The molecule has 0 aromatic carbocycles. The van der Waals surface area contributed by atoms with Gasteiger partial charge in [-0.15, -0.1) is 10.2 Å². The number of halogens is 1. The number of hydrogen-bond donors (Lipinski definition) is 1. The largest absolute Gasteiger partial charge is 0.465 e. The van der Waals surface area contributed by atoms with Crippen LogP contribution < -0.4 is 5.56 Å². The molecule has 9 heteroatoms. The lowest BCUT2D eigenvalue weighted by Gasteiger charge is -2.03. The summed E-state index contributed by atoms with van der Waals surface area (Å²) in [5.41, 5.74) is 0.675. The van der Waals surface area contributed by atoms with E-state index in [0.717, 1.165) is 0 Å². The first-order valence-electron chi connectivity index (χ1n) is 5.79. The van der Waals surface area contributed by atoms with Gasteiger partial charge < -0.3 is 4.74 Å². The number of H-pyrrole nitrogens is 1. The highest BCUT2D eigenvalue weighted by Gasteiger charge is 2.16. The molecule has 0 bridgehead atoms. The standard InChI is InChI=1S/C12H8ClN5O3/c1-21-12(20)6-4-7(13)10-16-17-11(18(10)5-6)8-2-3-9(19)15-14-8/h2-5H,1H3,(H,15,19). The van der Waals surface area contributed by atoms with Crippen molar-refractivity contribution in [3.05, 3.63) is 45.3 Å². The van der Waals surface area contributed by atoms with Crippen LogP contribution in [0.15, 0.2) is 29.2 Å². The smallest absolute Gasteiger partial charge is 0.339 e. The highest BCUT2D eigenvalue weighted by molar-refractivity contribution is 6.33. The third-order valence-corrected chi connectivity index (χ3v) is 3.07. The summed E-state index contributed by atoms with van der Waals surface area (Å²) in [7, 11) is 1.27. The summed E-state index contributed by atoms with van der Waals surface area (Å²) in [6.07, 6.45) is 1.50. The first kappa shape index (κ1) is 13.3. The van der Waals surface area contributed by atoms with Crippen molar-refractivity contribution >= 4 is 23.2 Å². The molecule has 0 unspecified atom stereocenters. The first-order chi connectivity index (χ1) is 10.1. The number of pyridine rings is 1. The van der Waals surface area contributed by atoms with Crippen molar-refractivity contribution in [3.8, 4) is 11.5 Å². The van der Waals surface area contributed by atoms with Gasteiger partial charge in [-0.1, -0.05) is 11.6 Å². The molecular weight excluding hydrogens is 298 g/mol. The molecule has 0 aliphatic heterocycles. The number of aromatic amines is 1. The zero-order chi connectivity index (χ0) is 15.0. The predicted octanol–water partition coefficient (Wildman–Crippen LogP) is 0.920. The fourth-order valence-corrected chi connectivity index (χ4v) is 2.07. The molecule has 21 heavy (non-hydrogen) atoms. The van der Waals surface area contributed by atoms with Gasteiger partial charge in [0.1, 0.15) is 5.69 Å². The molecule has 1 N–H and O–H groups in total. The van der Waals surface area contributed by atoms with Gasteiger partial charge in [0.25, 0.3) is 5.56 Å². The van der Waals surface area contributed by atoms with Crippen LogP contribution >= 0.6 is 11.6 Å². The lowest BCUT2D eigenvalue weighted by atomic mass is 10.3. The van der Waals surface area contributed by atoms with Crippen molar-refractivity contribution in [2.75, 3.05) is 7.11 Å². The number of nitrogens with one attached hydrogen (secondary N) is 1. The number of ether oxygens (including phenoxy) is 1. The molecule has 0 aliphatic rings. The van der Waals surface area contributed by atoms with E-state index in [4.69, 9.17) is 11.6 Å². The van der Waals surface area contributed by atoms with Crippen LogP contribution in [0.2, 0.25) is 5.02 Å². The van der Waals surface area contributed by atoms with Gasteiger partial charge in [0.05, 0.1) is 17.7 Å². The fraction of sp³-hybridized carbons (Fsp3) is 0.0833. The molecule has 0 amide bonds. The first-order valence-corrected chi connectivity index (χ1v) is 6.16. The molecule has 0 atom stereocenters. The Labute approximate surface area is 122 Å². The van der Waals surface area contributed by atoms with Gasteiger partial charge in [0, 0.05) is 12.3 Å². The normalized spacial score (nSPS) is 10.8. The second kappa shape index (κ2) is 4.98. The minimum Gasteiger partial charge on any atom is -0.465 e.